The second-order valence-corrected chi connectivity index (χ2v) is 14.6. The van der Waals surface area contributed by atoms with Crippen molar-refractivity contribution in [1.29, 1.82) is 0 Å². The van der Waals surface area contributed by atoms with Gasteiger partial charge in [-0.05, 0) is 86.3 Å². The van der Waals surface area contributed by atoms with Crippen molar-refractivity contribution in [3.05, 3.63) is 129 Å². The summed E-state index contributed by atoms with van der Waals surface area (Å²) in [5, 5.41) is 3.50. The Labute approximate surface area is 285 Å². The molecule has 0 aromatic heterocycles. The number of carbonyl (C=O) groups is 2. The molecule has 0 fully saturated rings. The Kier molecular flexibility index (Phi) is 12.1. The number of sulfonamides is 1. The molecule has 0 aliphatic heterocycles. The summed E-state index contributed by atoms with van der Waals surface area (Å²) in [6.45, 7) is 7.08. The number of hydrogen-bond donors (Lipinski definition) is 1. The minimum atomic E-state index is -4.21. The molecule has 0 spiro atoms. The molecule has 0 aliphatic carbocycles. The van der Waals surface area contributed by atoms with Crippen molar-refractivity contribution in [2.75, 3.05) is 10.8 Å². The first-order chi connectivity index (χ1) is 21.9. The Morgan fingerprint density at radius 1 is 0.891 bits per heavy atom. The highest BCUT2D eigenvalue weighted by Gasteiger charge is 2.35. The van der Waals surface area contributed by atoms with Gasteiger partial charge in [-0.2, -0.15) is 0 Å². The zero-order chi connectivity index (χ0) is 33.4. The number of nitrogens with one attached hydrogen (secondary N) is 1. The molecule has 4 aromatic carbocycles. The smallest absolute Gasteiger partial charge is 0.264 e. The van der Waals surface area contributed by atoms with Crippen LogP contribution in [0.5, 0.6) is 0 Å². The van der Waals surface area contributed by atoms with Gasteiger partial charge in [0, 0.05) is 28.5 Å². The lowest BCUT2D eigenvalue weighted by atomic mass is 10.0. The molecule has 46 heavy (non-hydrogen) atoms. The molecule has 4 aromatic rings. The first-order valence-electron chi connectivity index (χ1n) is 15.1. The molecule has 242 valence electrons. The highest BCUT2D eigenvalue weighted by Crippen LogP contribution is 2.30. The monoisotopic (exact) mass is 723 g/mol. The quantitative estimate of drug-likeness (QED) is 0.155. The minimum Gasteiger partial charge on any atom is -0.352 e. The van der Waals surface area contributed by atoms with Crippen molar-refractivity contribution in [3.63, 3.8) is 0 Å². The van der Waals surface area contributed by atoms with E-state index in [0.29, 0.717) is 22.7 Å². The van der Waals surface area contributed by atoms with Crippen LogP contribution in [0.25, 0.3) is 0 Å². The van der Waals surface area contributed by atoms with E-state index in [0.717, 1.165) is 25.5 Å². The normalized spacial score (nSPS) is 12.7. The molecule has 4 rings (SSSR count). The molecule has 0 radical (unpaired) electrons. The largest absolute Gasteiger partial charge is 0.352 e. The van der Waals surface area contributed by atoms with Crippen LogP contribution in [0.4, 0.5) is 5.69 Å². The molecule has 0 aliphatic rings. The summed E-state index contributed by atoms with van der Waals surface area (Å²) in [6.07, 6.45) is 0.957. The summed E-state index contributed by atoms with van der Waals surface area (Å²) in [5.41, 5.74) is 3.48. The molecule has 2 amide bonds. The molecule has 0 saturated heterocycles. The van der Waals surface area contributed by atoms with Gasteiger partial charge in [0.2, 0.25) is 11.8 Å². The summed E-state index contributed by atoms with van der Waals surface area (Å²) in [6, 6.07) is 27.3. The number of carbonyl (C=O) groups excluding carboxylic acids is 2. The first-order valence-corrected chi connectivity index (χ1v) is 17.7. The van der Waals surface area contributed by atoms with Gasteiger partial charge in [0.05, 0.1) is 10.6 Å². The van der Waals surface area contributed by atoms with Crippen molar-refractivity contribution in [2.45, 2.75) is 64.1 Å². The second kappa shape index (κ2) is 15.8. The van der Waals surface area contributed by atoms with E-state index in [2.05, 4.69) is 21.2 Å². The molecule has 2 atom stereocenters. The van der Waals surface area contributed by atoms with Crippen molar-refractivity contribution < 1.29 is 18.0 Å². The van der Waals surface area contributed by atoms with Crippen molar-refractivity contribution in [1.82, 2.24) is 10.2 Å². The average molecular weight is 725 g/mol. The lowest BCUT2D eigenvalue weighted by molar-refractivity contribution is -0.140. The van der Waals surface area contributed by atoms with Crippen LogP contribution in [0.3, 0.4) is 0 Å². The molecule has 0 unspecified atom stereocenters. The van der Waals surface area contributed by atoms with E-state index in [4.69, 9.17) is 11.6 Å². The average Bonchev–Trinajstić information content (AvgIpc) is 3.03. The summed E-state index contributed by atoms with van der Waals surface area (Å²) in [5.74, 6) is -0.826. The molecular formula is C36H39BrClN3O4S. The van der Waals surface area contributed by atoms with E-state index in [1.807, 2.05) is 75.4 Å². The lowest BCUT2D eigenvalue weighted by Gasteiger charge is -2.34. The number of aryl methyl sites for hydroxylation is 2. The van der Waals surface area contributed by atoms with Crippen LogP contribution < -0.4 is 9.62 Å². The zero-order valence-corrected chi connectivity index (χ0v) is 29.6. The van der Waals surface area contributed by atoms with Crippen LogP contribution in [-0.4, -0.2) is 43.8 Å². The molecular weight excluding hydrogens is 686 g/mol. The van der Waals surface area contributed by atoms with E-state index < -0.39 is 28.5 Å². The SMILES string of the molecule is CC[C@@H](C)NC(=O)[C@@H](Cc1ccccc1)N(Cc1ccc(Br)cc1)C(=O)CN(c1ccc(Cl)cc1C)S(=O)(=O)c1ccc(C)cc1. The van der Waals surface area contributed by atoms with E-state index in [9.17, 15) is 18.0 Å². The fourth-order valence-electron chi connectivity index (χ4n) is 5.03. The third kappa shape index (κ3) is 8.99. The summed E-state index contributed by atoms with van der Waals surface area (Å²) in [4.78, 5) is 30.1. The van der Waals surface area contributed by atoms with Crippen molar-refractivity contribution in [2.24, 2.45) is 0 Å². The van der Waals surface area contributed by atoms with Gasteiger partial charge in [-0.25, -0.2) is 8.42 Å². The zero-order valence-electron chi connectivity index (χ0n) is 26.4. The van der Waals surface area contributed by atoms with Gasteiger partial charge in [-0.3, -0.25) is 13.9 Å². The van der Waals surface area contributed by atoms with E-state index >= 15 is 0 Å². The lowest BCUT2D eigenvalue weighted by Crippen LogP contribution is -2.54. The molecule has 0 heterocycles. The van der Waals surface area contributed by atoms with Gasteiger partial charge in [0.1, 0.15) is 12.6 Å². The Bertz CT molecular complexity index is 1750. The van der Waals surface area contributed by atoms with Gasteiger partial charge in [-0.15, -0.1) is 0 Å². The predicted molar refractivity (Wildman–Crippen MR) is 188 cm³/mol. The number of amides is 2. The fraction of sp³-hybridized carbons (Fsp3) is 0.278. The van der Waals surface area contributed by atoms with Gasteiger partial charge < -0.3 is 10.2 Å². The van der Waals surface area contributed by atoms with Crippen molar-refractivity contribution >= 4 is 55.1 Å². The van der Waals surface area contributed by atoms with E-state index in [1.165, 1.54) is 17.0 Å². The number of anilines is 1. The maximum atomic E-state index is 14.6. The molecule has 10 heteroatoms. The molecule has 0 saturated carbocycles. The number of rotatable bonds is 13. The summed E-state index contributed by atoms with van der Waals surface area (Å²) < 4.78 is 30.5. The highest BCUT2D eigenvalue weighted by molar-refractivity contribution is 9.10. The number of nitrogens with zero attached hydrogens (tertiary/aromatic N) is 2. The van der Waals surface area contributed by atoms with Gasteiger partial charge >= 0.3 is 0 Å². The predicted octanol–water partition coefficient (Wildman–Crippen LogP) is 7.47. The summed E-state index contributed by atoms with van der Waals surface area (Å²) in [7, 11) is -4.21. The number of benzene rings is 4. The number of halogens is 2. The topological polar surface area (TPSA) is 86.8 Å². The maximum absolute atomic E-state index is 14.6. The fourth-order valence-corrected chi connectivity index (χ4v) is 7.00. The second-order valence-electron chi connectivity index (χ2n) is 11.4. The van der Waals surface area contributed by atoms with E-state index in [1.54, 1.807) is 37.3 Å². The van der Waals surface area contributed by atoms with Crippen LogP contribution in [0.15, 0.2) is 106 Å². The van der Waals surface area contributed by atoms with Gasteiger partial charge in [0.15, 0.2) is 0 Å². The third-order valence-corrected chi connectivity index (χ3v) is 10.4. The summed E-state index contributed by atoms with van der Waals surface area (Å²) >= 11 is 9.71. The van der Waals surface area contributed by atoms with Crippen molar-refractivity contribution in [3.8, 4) is 0 Å². The maximum Gasteiger partial charge on any atom is 0.264 e. The molecule has 7 nitrogen and oxygen atoms in total. The number of hydrogen-bond acceptors (Lipinski definition) is 4. The van der Waals surface area contributed by atoms with Gasteiger partial charge in [0.25, 0.3) is 10.0 Å². The Balaban J connectivity index is 1.83. The van der Waals surface area contributed by atoms with Crippen LogP contribution in [-0.2, 0) is 32.6 Å². The Morgan fingerprint density at radius 2 is 1.54 bits per heavy atom. The Hall–Kier alpha value is -3.66. The molecule has 0 bridgehead atoms. The Morgan fingerprint density at radius 3 is 2.15 bits per heavy atom. The standard InChI is InChI=1S/C36H39BrClN3O4S/c1-5-27(4)39-36(43)34(22-28-9-7-6-8-10-28)40(23-29-13-15-30(37)16-14-29)35(42)24-41(33-20-17-31(38)21-26(33)3)46(44,45)32-18-11-25(2)12-19-32/h6-21,27,34H,5,22-24H2,1-4H3,(H,39,43)/t27-,34-/m1/s1. The van der Waals surface area contributed by atoms with Crippen LogP contribution in [0, 0.1) is 13.8 Å². The van der Waals surface area contributed by atoms with Gasteiger partial charge in [-0.1, -0.05) is 94.6 Å². The third-order valence-electron chi connectivity index (χ3n) is 7.85. The van der Waals surface area contributed by atoms with Crippen LogP contribution >= 0.6 is 27.5 Å². The molecule has 1 N–H and O–H groups in total. The van der Waals surface area contributed by atoms with E-state index in [-0.39, 0.29) is 29.8 Å². The van der Waals surface area contributed by atoms with Crippen LogP contribution in [0.1, 0.15) is 42.5 Å². The first kappa shape index (κ1) is 35.2. The minimum absolute atomic E-state index is 0.0510. The highest BCUT2D eigenvalue weighted by atomic mass is 79.9. The van der Waals surface area contributed by atoms with Crippen LogP contribution in [0.2, 0.25) is 5.02 Å².